The monoisotopic (exact) mass is 278 g/mol. The maximum Gasteiger partial charge on any atom is 0.271 e. The van der Waals surface area contributed by atoms with Crippen molar-refractivity contribution in [2.75, 3.05) is 31.6 Å². The Morgan fingerprint density at radius 3 is 2.95 bits per heavy atom. The van der Waals surface area contributed by atoms with Gasteiger partial charge in [-0.05, 0) is 37.3 Å². The second kappa shape index (κ2) is 7.79. The van der Waals surface area contributed by atoms with Gasteiger partial charge in [0.1, 0.15) is 5.82 Å². The molecule has 0 saturated carbocycles. The molecule has 0 aromatic carbocycles. The predicted molar refractivity (Wildman–Crippen MR) is 76.7 cm³/mol. The molecule has 2 N–H and O–H groups in total. The van der Waals surface area contributed by atoms with Crippen molar-refractivity contribution in [1.82, 2.24) is 15.5 Å². The third-order valence-corrected chi connectivity index (χ3v) is 3.32. The van der Waals surface area contributed by atoms with Crippen LogP contribution in [-0.4, -0.2) is 42.4 Å². The highest BCUT2D eigenvalue weighted by Gasteiger charge is 2.15. The summed E-state index contributed by atoms with van der Waals surface area (Å²) in [6, 6.07) is 3.47. The minimum Gasteiger partial charge on any atom is -0.381 e. The molecule has 1 unspecified atom stereocenters. The van der Waals surface area contributed by atoms with E-state index in [1.54, 1.807) is 12.1 Å². The molecule has 1 saturated heterocycles. The molecule has 110 valence electrons. The van der Waals surface area contributed by atoms with Crippen molar-refractivity contribution < 1.29 is 9.53 Å². The number of nitrogens with one attached hydrogen (secondary N) is 2. The fourth-order valence-corrected chi connectivity index (χ4v) is 2.09. The molecule has 1 fully saturated rings. The summed E-state index contributed by atoms with van der Waals surface area (Å²) in [6.45, 7) is 5.25. The lowest BCUT2D eigenvalue weighted by Crippen LogP contribution is -2.27. The summed E-state index contributed by atoms with van der Waals surface area (Å²) in [5, 5.41) is 13.9. The van der Waals surface area contributed by atoms with Crippen LogP contribution in [0.3, 0.4) is 0 Å². The molecule has 0 spiro atoms. The van der Waals surface area contributed by atoms with E-state index in [0.717, 1.165) is 39.0 Å². The van der Waals surface area contributed by atoms with Crippen molar-refractivity contribution in [2.45, 2.75) is 26.2 Å². The third-order valence-electron chi connectivity index (χ3n) is 3.32. The molecule has 1 aromatic heterocycles. The fourth-order valence-electron chi connectivity index (χ4n) is 2.09. The van der Waals surface area contributed by atoms with E-state index in [0.29, 0.717) is 24.0 Å². The number of nitrogens with zero attached hydrogens (tertiary/aromatic N) is 2. The van der Waals surface area contributed by atoms with E-state index < -0.39 is 0 Å². The Morgan fingerprint density at radius 1 is 1.40 bits per heavy atom. The molecule has 6 nitrogen and oxygen atoms in total. The Labute approximate surface area is 119 Å². The first-order valence-corrected chi connectivity index (χ1v) is 7.23. The zero-order valence-corrected chi connectivity index (χ0v) is 11.9. The Morgan fingerprint density at radius 2 is 2.30 bits per heavy atom. The Balaban J connectivity index is 1.73. The van der Waals surface area contributed by atoms with Crippen molar-refractivity contribution in [1.29, 1.82) is 0 Å². The van der Waals surface area contributed by atoms with Crippen molar-refractivity contribution >= 4 is 11.7 Å². The van der Waals surface area contributed by atoms with Crippen LogP contribution in [-0.2, 0) is 4.74 Å². The molecule has 1 aliphatic rings. The van der Waals surface area contributed by atoms with Crippen LogP contribution in [0.1, 0.15) is 36.7 Å². The first-order chi connectivity index (χ1) is 9.79. The fraction of sp³-hybridized carbons (Fsp3) is 0.643. The Bertz CT molecular complexity index is 416. The summed E-state index contributed by atoms with van der Waals surface area (Å²) >= 11 is 0. The van der Waals surface area contributed by atoms with Crippen LogP contribution in [0.25, 0.3) is 0 Å². The van der Waals surface area contributed by atoms with Gasteiger partial charge in [-0.1, -0.05) is 6.92 Å². The van der Waals surface area contributed by atoms with Crippen LogP contribution in [0, 0.1) is 5.92 Å². The van der Waals surface area contributed by atoms with Crippen LogP contribution in [0.2, 0.25) is 0 Å². The van der Waals surface area contributed by atoms with E-state index in [9.17, 15) is 4.79 Å². The molecule has 0 radical (unpaired) electrons. The lowest BCUT2D eigenvalue weighted by molar-refractivity contribution is 0.0944. The topological polar surface area (TPSA) is 76.1 Å². The average molecular weight is 278 g/mol. The molecule has 0 bridgehead atoms. The van der Waals surface area contributed by atoms with E-state index in [1.165, 1.54) is 0 Å². The molecule has 1 amide bonds. The number of amides is 1. The van der Waals surface area contributed by atoms with Crippen LogP contribution < -0.4 is 10.6 Å². The molecule has 2 rings (SSSR count). The first-order valence-electron chi connectivity index (χ1n) is 7.23. The molecular formula is C14H22N4O2. The summed E-state index contributed by atoms with van der Waals surface area (Å²) in [7, 11) is 0. The largest absolute Gasteiger partial charge is 0.381 e. The van der Waals surface area contributed by atoms with E-state index >= 15 is 0 Å². The highest BCUT2D eigenvalue weighted by molar-refractivity contribution is 5.92. The van der Waals surface area contributed by atoms with Crippen LogP contribution in [0.15, 0.2) is 12.1 Å². The minimum absolute atomic E-state index is 0.168. The van der Waals surface area contributed by atoms with E-state index in [-0.39, 0.29) is 5.91 Å². The number of rotatable bonds is 7. The molecule has 1 aliphatic heterocycles. The zero-order chi connectivity index (χ0) is 14.2. The summed E-state index contributed by atoms with van der Waals surface area (Å²) < 4.78 is 5.30. The average Bonchev–Trinajstić information content (AvgIpc) is 2.99. The molecule has 2 heterocycles. The van der Waals surface area contributed by atoms with Gasteiger partial charge in [0.15, 0.2) is 5.69 Å². The number of anilines is 1. The third kappa shape index (κ3) is 4.45. The van der Waals surface area contributed by atoms with Gasteiger partial charge >= 0.3 is 0 Å². The maximum absolute atomic E-state index is 11.9. The van der Waals surface area contributed by atoms with Gasteiger partial charge in [0.05, 0.1) is 0 Å². The second-order valence-corrected chi connectivity index (χ2v) is 5.00. The Kier molecular flexibility index (Phi) is 5.73. The first kappa shape index (κ1) is 14.7. The van der Waals surface area contributed by atoms with Crippen LogP contribution in [0.4, 0.5) is 5.82 Å². The van der Waals surface area contributed by atoms with Crippen molar-refractivity contribution in [3.63, 3.8) is 0 Å². The molecule has 1 aromatic rings. The van der Waals surface area contributed by atoms with Gasteiger partial charge in [-0.15, -0.1) is 10.2 Å². The quantitative estimate of drug-likeness (QED) is 0.789. The number of aromatic nitrogens is 2. The number of ether oxygens (including phenoxy) is 1. The lowest BCUT2D eigenvalue weighted by atomic mass is 10.1. The molecule has 20 heavy (non-hydrogen) atoms. The van der Waals surface area contributed by atoms with Crippen molar-refractivity contribution in [2.24, 2.45) is 5.92 Å². The van der Waals surface area contributed by atoms with Crippen molar-refractivity contribution in [3.05, 3.63) is 17.8 Å². The Hall–Kier alpha value is -1.69. The van der Waals surface area contributed by atoms with Gasteiger partial charge in [0.2, 0.25) is 0 Å². The highest BCUT2D eigenvalue weighted by atomic mass is 16.5. The number of carbonyl (C=O) groups excluding carboxylic acids is 1. The van der Waals surface area contributed by atoms with Gasteiger partial charge in [-0.25, -0.2) is 0 Å². The predicted octanol–water partition coefficient (Wildman–Crippen LogP) is 1.45. The highest BCUT2D eigenvalue weighted by Crippen LogP contribution is 2.15. The van der Waals surface area contributed by atoms with Gasteiger partial charge < -0.3 is 15.4 Å². The summed E-state index contributed by atoms with van der Waals surface area (Å²) in [4.78, 5) is 11.9. The number of hydrogen-bond donors (Lipinski definition) is 2. The smallest absolute Gasteiger partial charge is 0.271 e. The van der Waals surface area contributed by atoms with Crippen LogP contribution in [0.5, 0.6) is 0 Å². The summed E-state index contributed by atoms with van der Waals surface area (Å²) in [5.74, 6) is 1.10. The molecule has 6 heteroatoms. The van der Waals surface area contributed by atoms with Gasteiger partial charge in [-0.3, -0.25) is 4.79 Å². The van der Waals surface area contributed by atoms with Gasteiger partial charge in [0, 0.05) is 26.3 Å². The second-order valence-electron chi connectivity index (χ2n) is 5.00. The summed E-state index contributed by atoms with van der Waals surface area (Å²) in [6.07, 6.45) is 3.07. The molecule has 1 atom stereocenters. The maximum atomic E-state index is 11.9. The van der Waals surface area contributed by atoms with Gasteiger partial charge in [0.25, 0.3) is 5.91 Å². The molecular weight excluding hydrogens is 256 g/mol. The summed E-state index contributed by atoms with van der Waals surface area (Å²) in [5.41, 5.74) is 0.356. The van der Waals surface area contributed by atoms with Crippen LogP contribution >= 0.6 is 0 Å². The van der Waals surface area contributed by atoms with E-state index in [4.69, 9.17) is 4.74 Å². The van der Waals surface area contributed by atoms with Gasteiger partial charge in [-0.2, -0.15) is 0 Å². The number of hydrogen-bond acceptors (Lipinski definition) is 5. The van der Waals surface area contributed by atoms with E-state index in [1.807, 2.05) is 0 Å². The van der Waals surface area contributed by atoms with Crippen molar-refractivity contribution in [3.8, 4) is 0 Å². The normalized spacial score (nSPS) is 17.9. The standard InChI is InChI=1S/C14H22N4O2/c1-2-7-15-13-4-3-12(17-18-13)14(19)16-8-5-11-6-9-20-10-11/h3-4,11H,2,5-10H2,1H3,(H,15,18)(H,16,19). The van der Waals surface area contributed by atoms with E-state index in [2.05, 4.69) is 27.8 Å². The minimum atomic E-state index is -0.168. The SMILES string of the molecule is CCCNc1ccc(C(=O)NCCC2CCOC2)nn1. The number of carbonyl (C=O) groups is 1. The lowest BCUT2D eigenvalue weighted by Gasteiger charge is -2.08. The zero-order valence-electron chi connectivity index (χ0n) is 11.9. The molecule has 0 aliphatic carbocycles.